The molecular formula is C9H16O4. The lowest BCUT2D eigenvalue weighted by Gasteiger charge is -2.17. The molecule has 0 saturated heterocycles. The van der Waals surface area contributed by atoms with Gasteiger partial charge in [0.05, 0.1) is 25.6 Å². The lowest BCUT2D eigenvalue weighted by Crippen LogP contribution is -2.28. The van der Waals surface area contributed by atoms with Crippen molar-refractivity contribution in [3.63, 3.8) is 0 Å². The Morgan fingerprint density at radius 2 is 2.08 bits per heavy atom. The lowest BCUT2D eigenvalue weighted by atomic mass is 9.92. The number of carbonyl (C=O) groups is 2. The van der Waals surface area contributed by atoms with Gasteiger partial charge in [0.1, 0.15) is 6.29 Å². The fourth-order valence-electron chi connectivity index (χ4n) is 1.24. The molecule has 2 atom stereocenters. The second kappa shape index (κ2) is 6.60. The van der Waals surface area contributed by atoms with Gasteiger partial charge in [-0.1, -0.05) is 6.92 Å². The Morgan fingerprint density at radius 1 is 1.46 bits per heavy atom. The van der Waals surface area contributed by atoms with Gasteiger partial charge in [-0.2, -0.15) is 0 Å². The Morgan fingerprint density at radius 3 is 2.38 bits per heavy atom. The van der Waals surface area contributed by atoms with Crippen LogP contribution in [0.1, 0.15) is 13.3 Å². The second-order valence-corrected chi connectivity index (χ2v) is 2.79. The zero-order chi connectivity index (χ0) is 10.3. The van der Waals surface area contributed by atoms with Crippen LogP contribution in [0.15, 0.2) is 0 Å². The van der Waals surface area contributed by atoms with Crippen LogP contribution in [0.4, 0.5) is 0 Å². The Balaban J connectivity index is 4.32. The minimum absolute atomic E-state index is 0.261. The van der Waals surface area contributed by atoms with Crippen LogP contribution in [0.25, 0.3) is 0 Å². The van der Waals surface area contributed by atoms with Crippen LogP contribution < -0.4 is 0 Å². The molecule has 0 spiro atoms. The summed E-state index contributed by atoms with van der Waals surface area (Å²) in [5, 5.41) is 0. The molecule has 0 fully saturated rings. The molecule has 4 heteroatoms. The van der Waals surface area contributed by atoms with Crippen LogP contribution >= 0.6 is 0 Å². The Hall–Kier alpha value is -0.900. The maximum absolute atomic E-state index is 11.2. The maximum Gasteiger partial charge on any atom is 0.309 e. The molecule has 0 aliphatic rings. The highest BCUT2D eigenvalue weighted by atomic mass is 16.5. The van der Waals surface area contributed by atoms with E-state index in [0.717, 1.165) is 6.29 Å². The summed E-state index contributed by atoms with van der Waals surface area (Å²) >= 11 is 0. The van der Waals surface area contributed by atoms with Gasteiger partial charge in [-0.15, -0.1) is 0 Å². The van der Waals surface area contributed by atoms with Crippen molar-refractivity contribution < 1.29 is 19.1 Å². The van der Waals surface area contributed by atoms with Crippen LogP contribution in [0.3, 0.4) is 0 Å². The van der Waals surface area contributed by atoms with Crippen molar-refractivity contribution >= 4 is 12.3 Å². The summed E-state index contributed by atoms with van der Waals surface area (Å²) in [4.78, 5) is 21.8. The fraction of sp³-hybridized carbons (Fsp3) is 0.778. The molecule has 0 heterocycles. The zero-order valence-corrected chi connectivity index (χ0v) is 8.28. The van der Waals surface area contributed by atoms with Gasteiger partial charge >= 0.3 is 5.97 Å². The van der Waals surface area contributed by atoms with E-state index >= 15 is 0 Å². The molecule has 0 N–H and O–H groups in total. The van der Waals surface area contributed by atoms with E-state index in [4.69, 9.17) is 4.74 Å². The zero-order valence-electron chi connectivity index (χ0n) is 8.28. The standard InChI is InChI=1S/C9H16O4/c1-4-8(9(11)13-3)7(5-10)6-12-2/h5,7-8H,4,6H2,1-3H3/t7-,8+/m1/s1. The van der Waals surface area contributed by atoms with Gasteiger partial charge in [-0.25, -0.2) is 0 Å². The first-order chi connectivity index (χ1) is 6.21. The Bertz CT molecular complexity index is 167. The van der Waals surface area contributed by atoms with Crippen LogP contribution in [0.5, 0.6) is 0 Å². The summed E-state index contributed by atoms with van der Waals surface area (Å²) < 4.78 is 9.41. The number of hydrogen-bond acceptors (Lipinski definition) is 4. The first kappa shape index (κ1) is 12.1. The maximum atomic E-state index is 11.2. The van der Waals surface area contributed by atoms with Crippen molar-refractivity contribution in [1.82, 2.24) is 0 Å². The quantitative estimate of drug-likeness (QED) is 0.453. The average Bonchev–Trinajstić information content (AvgIpc) is 2.17. The minimum Gasteiger partial charge on any atom is -0.469 e. The number of aldehydes is 1. The van der Waals surface area contributed by atoms with E-state index in [0.29, 0.717) is 6.42 Å². The number of methoxy groups -OCH3 is 2. The van der Waals surface area contributed by atoms with Gasteiger partial charge in [0.25, 0.3) is 0 Å². The molecule has 0 saturated carbocycles. The molecule has 13 heavy (non-hydrogen) atoms. The van der Waals surface area contributed by atoms with E-state index in [-0.39, 0.29) is 18.5 Å². The molecule has 0 unspecified atom stereocenters. The molecule has 0 bridgehead atoms. The number of ether oxygens (including phenoxy) is 2. The summed E-state index contributed by atoms with van der Waals surface area (Å²) in [5.74, 6) is -1.14. The number of esters is 1. The molecule has 0 aromatic carbocycles. The third-order valence-corrected chi connectivity index (χ3v) is 1.99. The minimum atomic E-state index is -0.401. The lowest BCUT2D eigenvalue weighted by molar-refractivity contribution is -0.149. The van der Waals surface area contributed by atoms with E-state index in [1.807, 2.05) is 6.92 Å². The molecule has 0 aliphatic heterocycles. The van der Waals surface area contributed by atoms with Crippen LogP contribution in [-0.2, 0) is 19.1 Å². The van der Waals surface area contributed by atoms with Crippen LogP contribution in [0, 0.1) is 11.8 Å². The van der Waals surface area contributed by atoms with Gasteiger partial charge in [0, 0.05) is 7.11 Å². The monoisotopic (exact) mass is 188 g/mol. The smallest absolute Gasteiger partial charge is 0.309 e. The molecule has 76 valence electrons. The molecular weight excluding hydrogens is 172 g/mol. The van der Waals surface area contributed by atoms with E-state index < -0.39 is 5.92 Å². The van der Waals surface area contributed by atoms with E-state index in [1.54, 1.807) is 0 Å². The van der Waals surface area contributed by atoms with Gasteiger partial charge in [0.2, 0.25) is 0 Å². The Kier molecular flexibility index (Phi) is 6.14. The summed E-state index contributed by atoms with van der Waals surface area (Å²) in [5.41, 5.74) is 0. The number of hydrogen-bond donors (Lipinski definition) is 0. The van der Waals surface area contributed by atoms with Crippen molar-refractivity contribution in [2.45, 2.75) is 13.3 Å². The third-order valence-electron chi connectivity index (χ3n) is 1.99. The highest BCUT2D eigenvalue weighted by molar-refractivity contribution is 5.76. The van der Waals surface area contributed by atoms with Crippen molar-refractivity contribution in [2.75, 3.05) is 20.8 Å². The van der Waals surface area contributed by atoms with E-state index in [2.05, 4.69) is 4.74 Å². The van der Waals surface area contributed by atoms with E-state index in [9.17, 15) is 9.59 Å². The average molecular weight is 188 g/mol. The number of rotatable bonds is 6. The van der Waals surface area contributed by atoms with Crippen LogP contribution in [-0.4, -0.2) is 33.1 Å². The largest absolute Gasteiger partial charge is 0.469 e. The van der Waals surface area contributed by atoms with Gasteiger partial charge < -0.3 is 14.3 Å². The van der Waals surface area contributed by atoms with Gasteiger partial charge in [-0.05, 0) is 6.42 Å². The second-order valence-electron chi connectivity index (χ2n) is 2.79. The molecule has 0 aromatic rings. The number of carbonyl (C=O) groups excluding carboxylic acids is 2. The normalized spacial score (nSPS) is 14.7. The van der Waals surface area contributed by atoms with E-state index in [1.165, 1.54) is 14.2 Å². The van der Waals surface area contributed by atoms with Crippen molar-refractivity contribution in [3.05, 3.63) is 0 Å². The predicted octanol–water partition coefficient (Wildman–Crippen LogP) is 0.647. The first-order valence-corrected chi connectivity index (χ1v) is 4.23. The SMILES string of the molecule is CC[C@H](C(=O)OC)[C@H](C=O)COC. The van der Waals surface area contributed by atoms with Gasteiger partial charge in [0.15, 0.2) is 0 Å². The summed E-state index contributed by atoms with van der Waals surface area (Å²) in [6.07, 6.45) is 1.33. The molecule has 0 aromatic heterocycles. The Labute approximate surface area is 78.2 Å². The van der Waals surface area contributed by atoms with Crippen molar-refractivity contribution in [1.29, 1.82) is 0 Å². The van der Waals surface area contributed by atoms with Crippen molar-refractivity contribution in [2.24, 2.45) is 11.8 Å². The molecule has 0 rings (SSSR count). The van der Waals surface area contributed by atoms with Crippen molar-refractivity contribution in [3.8, 4) is 0 Å². The fourth-order valence-corrected chi connectivity index (χ4v) is 1.24. The predicted molar refractivity (Wildman–Crippen MR) is 47.2 cm³/mol. The van der Waals surface area contributed by atoms with Crippen LogP contribution in [0.2, 0.25) is 0 Å². The molecule has 4 nitrogen and oxygen atoms in total. The van der Waals surface area contributed by atoms with Gasteiger partial charge in [-0.3, -0.25) is 4.79 Å². The first-order valence-electron chi connectivity index (χ1n) is 4.23. The summed E-state index contributed by atoms with van der Waals surface area (Å²) in [6.45, 7) is 2.10. The molecule has 0 amide bonds. The highest BCUT2D eigenvalue weighted by Gasteiger charge is 2.26. The molecule has 0 aliphatic carbocycles. The summed E-state index contributed by atoms with van der Waals surface area (Å²) in [7, 11) is 2.82. The highest BCUT2D eigenvalue weighted by Crippen LogP contribution is 2.15. The topological polar surface area (TPSA) is 52.6 Å². The molecule has 0 radical (unpaired) electrons. The summed E-state index contributed by atoms with van der Waals surface area (Å²) in [6, 6.07) is 0. The third kappa shape index (κ3) is 3.55.